The summed E-state index contributed by atoms with van der Waals surface area (Å²) >= 11 is 0. The van der Waals surface area contributed by atoms with Gasteiger partial charge in [-0.25, -0.2) is 0 Å². The van der Waals surface area contributed by atoms with E-state index in [-0.39, 0.29) is 6.17 Å². The number of hydrogen-bond acceptors (Lipinski definition) is 4. The highest BCUT2D eigenvalue weighted by molar-refractivity contribution is 4.81. The Hall–Kier alpha value is -0.160. The Bertz CT molecular complexity index is 115. The lowest BCUT2D eigenvalue weighted by atomic mass is 10.3. The smallest absolute Gasteiger partial charge is 0.166 e. The normalized spacial score (nSPS) is 33.5. The van der Waals surface area contributed by atoms with Crippen LogP contribution in [0.25, 0.3) is 0 Å². The van der Waals surface area contributed by atoms with Gasteiger partial charge in [-0.1, -0.05) is 0 Å². The molecule has 4 heteroatoms. The summed E-state index contributed by atoms with van der Waals surface area (Å²) in [4.78, 5) is 2.28. The molecular weight excluding hydrogens is 156 g/mol. The first kappa shape index (κ1) is 8.44. The lowest BCUT2D eigenvalue weighted by molar-refractivity contribution is -0.0138. The highest BCUT2D eigenvalue weighted by Crippen LogP contribution is 2.07. The van der Waals surface area contributed by atoms with Crippen LogP contribution in [0.3, 0.4) is 0 Å². The second-order valence-electron chi connectivity index (χ2n) is 2.97. The molecule has 12 heavy (non-hydrogen) atoms. The van der Waals surface area contributed by atoms with Crippen molar-refractivity contribution in [2.45, 2.75) is 6.17 Å². The molecule has 0 aromatic heterocycles. The first-order valence-corrected chi connectivity index (χ1v) is 4.39. The molecule has 2 aliphatic heterocycles. The average Bonchev–Trinajstić information content (AvgIpc) is 2.21. The van der Waals surface area contributed by atoms with Gasteiger partial charge in [0.25, 0.3) is 0 Å². The summed E-state index contributed by atoms with van der Waals surface area (Å²) < 4.78 is 10.4. The summed E-state index contributed by atoms with van der Waals surface area (Å²) in [6.45, 7) is 8.17. The highest BCUT2D eigenvalue weighted by Gasteiger charge is 2.23. The van der Waals surface area contributed by atoms with Gasteiger partial charge in [-0.3, -0.25) is 10.2 Å². The van der Waals surface area contributed by atoms with E-state index in [1.807, 2.05) is 0 Å². The molecule has 4 nitrogen and oxygen atoms in total. The minimum Gasteiger partial charge on any atom is -0.379 e. The van der Waals surface area contributed by atoms with Gasteiger partial charge in [-0.2, -0.15) is 0 Å². The molecule has 1 atom stereocenters. The van der Waals surface area contributed by atoms with Crippen molar-refractivity contribution in [2.75, 3.05) is 39.5 Å². The quantitative estimate of drug-likeness (QED) is 0.564. The first-order chi connectivity index (χ1) is 5.97. The second-order valence-corrected chi connectivity index (χ2v) is 2.97. The molecule has 0 saturated carbocycles. The van der Waals surface area contributed by atoms with Crippen LogP contribution in [0, 0.1) is 6.61 Å². The maximum absolute atomic E-state index is 5.25. The molecule has 2 rings (SSSR count). The molecule has 2 heterocycles. The van der Waals surface area contributed by atoms with Gasteiger partial charge in [-0.05, 0) is 0 Å². The zero-order chi connectivity index (χ0) is 8.23. The van der Waals surface area contributed by atoms with Gasteiger partial charge >= 0.3 is 0 Å². The third-order valence-corrected chi connectivity index (χ3v) is 2.15. The molecule has 0 aromatic rings. The van der Waals surface area contributed by atoms with Crippen LogP contribution in [0.2, 0.25) is 0 Å². The fourth-order valence-corrected chi connectivity index (χ4v) is 1.47. The van der Waals surface area contributed by atoms with Crippen molar-refractivity contribution < 1.29 is 9.47 Å². The van der Waals surface area contributed by atoms with E-state index in [2.05, 4.69) is 16.8 Å². The Morgan fingerprint density at radius 2 is 2.08 bits per heavy atom. The highest BCUT2D eigenvalue weighted by atomic mass is 16.5. The van der Waals surface area contributed by atoms with Gasteiger partial charge < -0.3 is 9.47 Å². The fourth-order valence-electron chi connectivity index (χ4n) is 1.47. The molecule has 0 aliphatic carbocycles. The molecule has 0 spiro atoms. The van der Waals surface area contributed by atoms with Crippen molar-refractivity contribution in [1.82, 2.24) is 10.2 Å². The molecule has 68 valence electrons. The Morgan fingerprint density at radius 3 is 2.75 bits per heavy atom. The molecule has 0 aromatic carbocycles. The minimum atomic E-state index is 0.169. The number of nitrogens with one attached hydrogen (secondary N) is 1. The van der Waals surface area contributed by atoms with E-state index in [0.717, 1.165) is 39.5 Å². The fraction of sp³-hybridized carbons (Fsp3) is 0.875. The van der Waals surface area contributed by atoms with Crippen molar-refractivity contribution in [2.24, 2.45) is 0 Å². The molecule has 2 fully saturated rings. The summed E-state index contributed by atoms with van der Waals surface area (Å²) in [5, 5.41) is 3.32. The van der Waals surface area contributed by atoms with Crippen LogP contribution in [-0.4, -0.2) is 50.5 Å². The third kappa shape index (κ3) is 1.95. The second kappa shape index (κ2) is 4.18. The summed E-state index contributed by atoms with van der Waals surface area (Å²) in [5.41, 5.74) is 0. The number of nitrogens with zero attached hydrogens (tertiary/aromatic N) is 1. The lowest BCUT2D eigenvalue weighted by Gasteiger charge is -2.35. The van der Waals surface area contributed by atoms with Gasteiger partial charge in [0.2, 0.25) is 0 Å². The van der Waals surface area contributed by atoms with Crippen molar-refractivity contribution in [3.05, 3.63) is 6.61 Å². The van der Waals surface area contributed by atoms with Crippen LogP contribution >= 0.6 is 0 Å². The maximum atomic E-state index is 5.25. The SMILES string of the molecule is [C]1OCCNC1N1CCOCC1. The molecule has 1 N–H and O–H groups in total. The molecule has 2 radical (unpaired) electrons. The molecule has 0 bridgehead atoms. The average molecular weight is 170 g/mol. The predicted octanol–water partition coefficient (Wildman–Crippen LogP) is -0.697. The van der Waals surface area contributed by atoms with E-state index in [0.29, 0.717) is 0 Å². The number of hydrogen-bond donors (Lipinski definition) is 1. The van der Waals surface area contributed by atoms with Crippen molar-refractivity contribution >= 4 is 0 Å². The Morgan fingerprint density at radius 1 is 1.25 bits per heavy atom. The summed E-state index contributed by atoms with van der Waals surface area (Å²) in [6.07, 6.45) is 0.169. The van der Waals surface area contributed by atoms with Gasteiger partial charge in [-0.15, -0.1) is 0 Å². The van der Waals surface area contributed by atoms with Crippen LogP contribution in [0.4, 0.5) is 0 Å². The molecule has 0 amide bonds. The topological polar surface area (TPSA) is 33.7 Å². The first-order valence-electron chi connectivity index (χ1n) is 4.39. The zero-order valence-electron chi connectivity index (χ0n) is 7.08. The van der Waals surface area contributed by atoms with Crippen LogP contribution in [-0.2, 0) is 9.47 Å². The van der Waals surface area contributed by atoms with Gasteiger partial charge in [0.05, 0.1) is 26.0 Å². The molecular formula is C8H14N2O2. The number of rotatable bonds is 1. The van der Waals surface area contributed by atoms with Gasteiger partial charge in [0, 0.05) is 19.6 Å². The predicted molar refractivity (Wildman–Crippen MR) is 43.4 cm³/mol. The monoisotopic (exact) mass is 170 g/mol. The van der Waals surface area contributed by atoms with E-state index in [1.54, 1.807) is 0 Å². The van der Waals surface area contributed by atoms with Crippen LogP contribution in [0.15, 0.2) is 0 Å². The molecule has 2 saturated heterocycles. The third-order valence-electron chi connectivity index (χ3n) is 2.15. The van der Waals surface area contributed by atoms with Crippen LogP contribution in [0.5, 0.6) is 0 Å². The van der Waals surface area contributed by atoms with Crippen molar-refractivity contribution in [3.8, 4) is 0 Å². The Labute approximate surface area is 72.8 Å². The summed E-state index contributed by atoms with van der Waals surface area (Å²) in [7, 11) is 0. The van der Waals surface area contributed by atoms with Crippen molar-refractivity contribution in [3.63, 3.8) is 0 Å². The van der Waals surface area contributed by atoms with Gasteiger partial charge in [0.15, 0.2) is 6.61 Å². The lowest BCUT2D eigenvalue weighted by Crippen LogP contribution is -2.53. The van der Waals surface area contributed by atoms with Gasteiger partial charge in [0.1, 0.15) is 0 Å². The summed E-state index contributed by atoms with van der Waals surface area (Å²) in [6, 6.07) is 0. The zero-order valence-corrected chi connectivity index (χ0v) is 7.08. The maximum Gasteiger partial charge on any atom is 0.166 e. The number of morpholine rings is 2. The number of ether oxygens (including phenoxy) is 2. The minimum absolute atomic E-state index is 0.169. The Kier molecular flexibility index (Phi) is 2.94. The Balaban J connectivity index is 1.80. The standard InChI is InChI=1S/C8H14N2O2/c1-4-12-7-8(9-1)10-2-5-11-6-3-10/h8-9H,1-6H2. The largest absolute Gasteiger partial charge is 0.379 e. The van der Waals surface area contributed by atoms with E-state index in [4.69, 9.17) is 9.47 Å². The van der Waals surface area contributed by atoms with E-state index >= 15 is 0 Å². The molecule has 1 unspecified atom stereocenters. The van der Waals surface area contributed by atoms with E-state index < -0.39 is 0 Å². The van der Waals surface area contributed by atoms with E-state index in [1.165, 1.54) is 0 Å². The summed E-state index contributed by atoms with van der Waals surface area (Å²) in [5.74, 6) is 0. The van der Waals surface area contributed by atoms with Crippen molar-refractivity contribution in [1.29, 1.82) is 0 Å². The van der Waals surface area contributed by atoms with Crippen LogP contribution in [0.1, 0.15) is 0 Å². The van der Waals surface area contributed by atoms with E-state index in [9.17, 15) is 0 Å². The molecule has 2 aliphatic rings. The van der Waals surface area contributed by atoms with Crippen LogP contribution < -0.4 is 5.32 Å².